The second-order valence-corrected chi connectivity index (χ2v) is 8.78. The molecule has 0 unspecified atom stereocenters. The predicted molar refractivity (Wildman–Crippen MR) is 133 cm³/mol. The highest BCUT2D eigenvalue weighted by molar-refractivity contribution is 7.80. The first-order chi connectivity index (χ1) is 15.2. The van der Waals surface area contributed by atoms with Gasteiger partial charge >= 0.3 is 0 Å². The molecule has 1 N–H and O–H groups in total. The standard InChI is InChI=1S/C23H16Cl3N3O2S/c1-12-10-14(13(2)28(12)16-8-6-15(24)7-9-16)11-17-21(30)27-23(32)29(22(17)31)19-5-3-4-18(25)20(19)26/h3-11H,1-2H3,(H,27,30,32)/b17-11+. The van der Waals surface area contributed by atoms with Crippen molar-refractivity contribution in [2.45, 2.75) is 13.8 Å². The van der Waals surface area contributed by atoms with Crippen molar-refractivity contribution in [2.24, 2.45) is 0 Å². The Morgan fingerprint density at radius 1 is 1.00 bits per heavy atom. The zero-order valence-electron chi connectivity index (χ0n) is 16.9. The van der Waals surface area contributed by atoms with Crippen LogP contribution in [-0.2, 0) is 9.59 Å². The Balaban J connectivity index is 1.78. The number of nitrogens with zero attached hydrogens (tertiary/aromatic N) is 2. The van der Waals surface area contributed by atoms with Gasteiger partial charge in [-0.05, 0) is 80.2 Å². The summed E-state index contributed by atoms with van der Waals surface area (Å²) in [6.07, 6.45) is 1.56. The minimum Gasteiger partial charge on any atom is -0.318 e. The van der Waals surface area contributed by atoms with Crippen molar-refractivity contribution in [3.8, 4) is 5.69 Å². The first-order valence-corrected chi connectivity index (χ1v) is 11.0. The molecule has 0 atom stereocenters. The molecule has 0 aliphatic carbocycles. The molecule has 32 heavy (non-hydrogen) atoms. The summed E-state index contributed by atoms with van der Waals surface area (Å²) in [5.41, 5.74) is 3.67. The summed E-state index contributed by atoms with van der Waals surface area (Å²) < 4.78 is 2.02. The molecule has 1 aliphatic heterocycles. The lowest BCUT2D eigenvalue weighted by Gasteiger charge is -2.29. The number of hydrogen-bond acceptors (Lipinski definition) is 3. The average molecular weight is 505 g/mol. The van der Waals surface area contributed by atoms with E-state index in [2.05, 4.69) is 5.32 Å². The highest BCUT2D eigenvalue weighted by atomic mass is 35.5. The molecule has 2 heterocycles. The first kappa shape index (κ1) is 22.6. The second kappa shape index (κ2) is 8.71. The maximum absolute atomic E-state index is 13.3. The number of aromatic nitrogens is 1. The topological polar surface area (TPSA) is 54.3 Å². The summed E-state index contributed by atoms with van der Waals surface area (Å²) in [4.78, 5) is 27.2. The van der Waals surface area contributed by atoms with E-state index in [9.17, 15) is 9.59 Å². The van der Waals surface area contributed by atoms with E-state index < -0.39 is 11.8 Å². The fraction of sp³-hybridized carbons (Fsp3) is 0.0870. The molecule has 4 rings (SSSR count). The Morgan fingerprint density at radius 3 is 2.38 bits per heavy atom. The van der Waals surface area contributed by atoms with Crippen LogP contribution >= 0.6 is 47.0 Å². The maximum atomic E-state index is 13.3. The molecule has 0 bridgehead atoms. The molecule has 1 saturated heterocycles. The number of rotatable bonds is 3. The Hall–Kier alpha value is -2.64. The second-order valence-electron chi connectivity index (χ2n) is 7.17. The highest BCUT2D eigenvalue weighted by Crippen LogP contribution is 2.34. The minimum atomic E-state index is -0.584. The summed E-state index contributed by atoms with van der Waals surface area (Å²) in [6.45, 7) is 3.86. The van der Waals surface area contributed by atoms with Gasteiger partial charge in [-0.15, -0.1) is 0 Å². The van der Waals surface area contributed by atoms with Gasteiger partial charge in [0.15, 0.2) is 5.11 Å². The number of anilines is 1. The number of amides is 2. The van der Waals surface area contributed by atoms with Crippen LogP contribution in [0.2, 0.25) is 15.1 Å². The molecule has 0 saturated carbocycles. The molecule has 1 fully saturated rings. The molecule has 3 aromatic rings. The van der Waals surface area contributed by atoms with Gasteiger partial charge in [0.05, 0.1) is 15.7 Å². The van der Waals surface area contributed by atoms with Crippen LogP contribution < -0.4 is 10.2 Å². The van der Waals surface area contributed by atoms with Crippen molar-refractivity contribution in [2.75, 3.05) is 4.90 Å². The average Bonchev–Trinajstić information content (AvgIpc) is 3.02. The van der Waals surface area contributed by atoms with Crippen molar-refractivity contribution >= 4 is 75.7 Å². The summed E-state index contributed by atoms with van der Waals surface area (Å²) in [5, 5.41) is 3.58. The van der Waals surface area contributed by atoms with Gasteiger partial charge < -0.3 is 4.57 Å². The van der Waals surface area contributed by atoms with Crippen molar-refractivity contribution < 1.29 is 9.59 Å². The summed E-state index contributed by atoms with van der Waals surface area (Å²) >= 11 is 23.7. The molecule has 0 radical (unpaired) electrons. The maximum Gasteiger partial charge on any atom is 0.270 e. The van der Waals surface area contributed by atoms with Gasteiger partial charge in [0.25, 0.3) is 11.8 Å². The Kier molecular flexibility index (Phi) is 6.14. The van der Waals surface area contributed by atoms with Gasteiger partial charge in [0.2, 0.25) is 0 Å². The number of carbonyl (C=O) groups is 2. The van der Waals surface area contributed by atoms with E-state index in [0.717, 1.165) is 22.6 Å². The number of carbonyl (C=O) groups excluding carboxylic acids is 2. The van der Waals surface area contributed by atoms with E-state index in [0.29, 0.717) is 10.7 Å². The fourth-order valence-corrected chi connectivity index (χ4v) is 4.40. The van der Waals surface area contributed by atoms with Gasteiger partial charge in [-0.25, -0.2) is 0 Å². The third-order valence-corrected chi connectivity index (χ3v) is 6.47. The van der Waals surface area contributed by atoms with Crippen molar-refractivity contribution in [1.29, 1.82) is 0 Å². The third kappa shape index (κ3) is 3.95. The first-order valence-electron chi connectivity index (χ1n) is 9.49. The number of thiocarbonyl (C=S) groups is 1. The number of benzene rings is 2. The van der Waals surface area contributed by atoms with Crippen LogP contribution in [0.3, 0.4) is 0 Å². The normalized spacial score (nSPS) is 15.5. The molecule has 2 aromatic carbocycles. The van der Waals surface area contributed by atoms with Crippen molar-refractivity contribution in [3.63, 3.8) is 0 Å². The summed E-state index contributed by atoms with van der Waals surface area (Å²) in [7, 11) is 0. The largest absolute Gasteiger partial charge is 0.318 e. The lowest BCUT2D eigenvalue weighted by atomic mass is 10.1. The van der Waals surface area contributed by atoms with Gasteiger partial charge in [0.1, 0.15) is 5.57 Å². The summed E-state index contributed by atoms with van der Waals surface area (Å²) in [6, 6.07) is 14.2. The third-order valence-electron chi connectivity index (χ3n) is 5.13. The van der Waals surface area contributed by atoms with Crippen LogP contribution in [0.25, 0.3) is 11.8 Å². The van der Waals surface area contributed by atoms with Gasteiger partial charge in [-0.1, -0.05) is 40.9 Å². The van der Waals surface area contributed by atoms with Crippen LogP contribution in [0.15, 0.2) is 54.1 Å². The van der Waals surface area contributed by atoms with Crippen LogP contribution in [-0.4, -0.2) is 21.5 Å². The zero-order chi connectivity index (χ0) is 23.2. The SMILES string of the molecule is Cc1cc(/C=C2\C(=O)NC(=S)N(c3cccc(Cl)c3Cl)C2=O)c(C)n1-c1ccc(Cl)cc1. The minimum absolute atomic E-state index is 0.0621. The summed E-state index contributed by atoms with van der Waals surface area (Å²) in [5.74, 6) is -1.16. The van der Waals surface area contributed by atoms with E-state index in [1.54, 1.807) is 36.4 Å². The Morgan fingerprint density at radius 2 is 1.69 bits per heavy atom. The van der Waals surface area contributed by atoms with Crippen LogP contribution in [0.1, 0.15) is 17.0 Å². The zero-order valence-corrected chi connectivity index (χ0v) is 20.0. The van der Waals surface area contributed by atoms with Crippen LogP contribution in [0, 0.1) is 13.8 Å². The lowest BCUT2D eigenvalue weighted by Crippen LogP contribution is -2.54. The molecule has 2 amide bonds. The number of aryl methyl sites for hydroxylation is 1. The molecule has 0 spiro atoms. The van der Waals surface area contributed by atoms with E-state index in [-0.39, 0.29) is 20.7 Å². The smallest absolute Gasteiger partial charge is 0.270 e. The van der Waals surface area contributed by atoms with E-state index in [1.165, 1.54) is 4.90 Å². The van der Waals surface area contributed by atoms with Crippen molar-refractivity contribution in [1.82, 2.24) is 9.88 Å². The van der Waals surface area contributed by atoms with Crippen LogP contribution in [0.4, 0.5) is 5.69 Å². The molecule has 1 aromatic heterocycles. The quantitative estimate of drug-likeness (QED) is 0.275. The number of halogens is 3. The Bertz CT molecular complexity index is 1310. The van der Waals surface area contributed by atoms with Crippen molar-refractivity contribution in [3.05, 3.63) is 86.1 Å². The molecular formula is C23H16Cl3N3O2S. The van der Waals surface area contributed by atoms with Crippen LogP contribution in [0.5, 0.6) is 0 Å². The van der Waals surface area contributed by atoms with Gasteiger partial charge in [-0.3, -0.25) is 19.8 Å². The molecular weight excluding hydrogens is 489 g/mol. The highest BCUT2D eigenvalue weighted by Gasteiger charge is 2.36. The van der Waals surface area contributed by atoms with E-state index in [1.807, 2.05) is 36.6 Å². The Labute approximate surface area is 205 Å². The monoisotopic (exact) mass is 503 g/mol. The number of hydrogen-bond donors (Lipinski definition) is 1. The molecule has 1 aliphatic rings. The van der Waals surface area contributed by atoms with E-state index >= 15 is 0 Å². The van der Waals surface area contributed by atoms with E-state index in [4.69, 9.17) is 47.0 Å². The fourth-order valence-electron chi connectivity index (χ4n) is 3.62. The molecule has 9 heteroatoms. The lowest BCUT2D eigenvalue weighted by molar-refractivity contribution is -0.122. The van der Waals surface area contributed by atoms with Gasteiger partial charge in [-0.2, -0.15) is 0 Å². The molecule has 162 valence electrons. The number of nitrogens with one attached hydrogen (secondary N) is 1. The predicted octanol–water partition coefficient (Wildman–Crippen LogP) is 5.89. The van der Waals surface area contributed by atoms with Gasteiger partial charge in [0, 0.05) is 22.1 Å². The molecule has 5 nitrogen and oxygen atoms in total.